The summed E-state index contributed by atoms with van der Waals surface area (Å²) in [7, 11) is 5.30. The molecule has 0 spiro atoms. The van der Waals surface area contributed by atoms with E-state index in [-0.39, 0.29) is 11.8 Å². The molecule has 0 bridgehead atoms. The molecule has 2 N–H and O–H groups in total. The Hall–Kier alpha value is -2.79. The minimum Gasteiger partial charge on any atom is -0.493 e. The van der Waals surface area contributed by atoms with E-state index in [1.807, 2.05) is 63.4 Å². The summed E-state index contributed by atoms with van der Waals surface area (Å²) in [6.45, 7) is 4.66. The second kappa shape index (κ2) is 7.84. The van der Waals surface area contributed by atoms with Gasteiger partial charge < -0.3 is 19.4 Å². The van der Waals surface area contributed by atoms with Crippen LogP contribution in [0.15, 0.2) is 42.5 Å². The van der Waals surface area contributed by atoms with E-state index in [1.165, 1.54) is 0 Å². The summed E-state index contributed by atoms with van der Waals surface area (Å²) in [4.78, 5) is 17.7. The van der Waals surface area contributed by atoms with Gasteiger partial charge in [-0.2, -0.15) is 0 Å². The maximum atomic E-state index is 13.2. The highest BCUT2D eigenvalue weighted by Crippen LogP contribution is 2.27. The van der Waals surface area contributed by atoms with Crippen LogP contribution in [0.4, 0.5) is 0 Å². The number of ketones is 1. The number of carbonyl (C=O) groups is 1. The Morgan fingerprint density at radius 2 is 1.81 bits per heavy atom. The maximum absolute atomic E-state index is 13.2. The van der Waals surface area contributed by atoms with E-state index >= 15 is 0 Å². The number of Topliss-reactive ketones (excluding diaryl/α,β-unsaturated/α-hetero) is 1. The number of likely N-dealkylation sites (N-methyl/N-ethyl adjacent to an activating group) is 1. The van der Waals surface area contributed by atoms with Gasteiger partial charge in [0.1, 0.15) is 12.6 Å². The average molecular weight is 367 g/mol. The number of aromatic nitrogens is 1. The third-order valence-corrected chi connectivity index (χ3v) is 5.20. The van der Waals surface area contributed by atoms with E-state index in [0.29, 0.717) is 18.0 Å². The van der Waals surface area contributed by atoms with Crippen LogP contribution in [0.3, 0.4) is 0 Å². The first-order chi connectivity index (χ1) is 13.0. The number of aryl methyl sites for hydroxylation is 1. The van der Waals surface area contributed by atoms with Gasteiger partial charge in [0.2, 0.25) is 5.78 Å². The number of fused-ring (bicyclic) bond motifs is 1. The van der Waals surface area contributed by atoms with Gasteiger partial charge in [0.05, 0.1) is 26.8 Å². The fourth-order valence-electron chi connectivity index (χ4n) is 3.50. The van der Waals surface area contributed by atoms with Crippen molar-refractivity contribution in [1.82, 2.24) is 4.98 Å². The largest absolute Gasteiger partial charge is 0.493 e. The Bertz CT molecular complexity index is 961. The number of H-pyrrole nitrogens is 1. The second-order valence-electron chi connectivity index (χ2n) is 6.97. The molecule has 0 radical (unpaired) electrons. The molecule has 1 aromatic heterocycles. The monoisotopic (exact) mass is 367 g/mol. The van der Waals surface area contributed by atoms with Crippen LogP contribution in [-0.4, -0.2) is 38.1 Å². The van der Waals surface area contributed by atoms with Gasteiger partial charge in [0, 0.05) is 22.2 Å². The van der Waals surface area contributed by atoms with Gasteiger partial charge in [-0.05, 0) is 38.1 Å². The lowest BCUT2D eigenvalue weighted by Crippen LogP contribution is -3.12. The number of rotatable bonds is 7. The number of hydrogen-bond acceptors (Lipinski definition) is 3. The van der Waals surface area contributed by atoms with Crippen molar-refractivity contribution in [1.29, 1.82) is 0 Å². The highest BCUT2D eigenvalue weighted by atomic mass is 16.5. The zero-order chi connectivity index (χ0) is 19.6. The van der Waals surface area contributed by atoms with Crippen molar-refractivity contribution in [3.05, 3.63) is 59.3 Å². The topological polar surface area (TPSA) is 55.8 Å². The fraction of sp³-hybridized carbons (Fsp3) is 0.318. The summed E-state index contributed by atoms with van der Waals surface area (Å²) in [6.07, 6.45) is 0. The molecule has 27 heavy (non-hydrogen) atoms. The molecule has 0 amide bonds. The van der Waals surface area contributed by atoms with E-state index < -0.39 is 0 Å². The van der Waals surface area contributed by atoms with Gasteiger partial charge in [0.25, 0.3) is 0 Å². The van der Waals surface area contributed by atoms with E-state index in [4.69, 9.17) is 9.47 Å². The predicted octanol–water partition coefficient (Wildman–Crippen LogP) is 2.78. The summed E-state index contributed by atoms with van der Waals surface area (Å²) in [5, 5.41) is 0.991. The molecule has 0 aliphatic rings. The van der Waals surface area contributed by atoms with Crippen molar-refractivity contribution in [3.8, 4) is 11.5 Å². The zero-order valence-electron chi connectivity index (χ0n) is 16.6. The first kappa shape index (κ1) is 19.0. The fourth-order valence-corrected chi connectivity index (χ4v) is 3.50. The molecule has 2 atom stereocenters. The first-order valence-corrected chi connectivity index (χ1v) is 9.11. The van der Waals surface area contributed by atoms with E-state index in [0.717, 1.165) is 32.6 Å². The lowest BCUT2D eigenvalue weighted by Gasteiger charge is -2.21. The van der Waals surface area contributed by atoms with Gasteiger partial charge in [-0.1, -0.05) is 18.2 Å². The molecule has 0 aliphatic heterocycles. The summed E-state index contributed by atoms with van der Waals surface area (Å²) in [5.41, 5.74) is 3.82. The lowest BCUT2D eigenvalue weighted by atomic mass is 10.0. The van der Waals surface area contributed by atoms with E-state index in [2.05, 4.69) is 4.98 Å². The minimum atomic E-state index is -0.170. The summed E-state index contributed by atoms with van der Waals surface area (Å²) in [6, 6.07) is 13.7. The van der Waals surface area contributed by atoms with Crippen molar-refractivity contribution in [3.63, 3.8) is 0 Å². The van der Waals surface area contributed by atoms with Gasteiger partial charge in [-0.25, -0.2) is 0 Å². The Morgan fingerprint density at radius 1 is 1.11 bits per heavy atom. The summed E-state index contributed by atoms with van der Waals surface area (Å²) in [5.74, 6) is 1.56. The molecule has 0 saturated heterocycles. The molecule has 2 aromatic carbocycles. The molecular formula is C22H27N2O3+. The van der Waals surface area contributed by atoms with Crippen LogP contribution in [0, 0.1) is 6.92 Å². The molecule has 3 aromatic rings. The number of benzene rings is 2. The smallest absolute Gasteiger partial charge is 0.222 e. The lowest BCUT2D eigenvalue weighted by molar-refractivity contribution is -0.907. The van der Waals surface area contributed by atoms with Crippen LogP contribution in [-0.2, 0) is 6.54 Å². The maximum Gasteiger partial charge on any atom is 0.222 e. The summed E-state index contributed by atoms with van der Waals surface area (Å²) >= 11 is 0. The third-order valence-electron chi connectivity index (χ3n) is 5.20. The molecular weight excluding hydrogens is 340 g/mol. The number of ether oxygens (including phenoxy) is 2. The van der Waals surface area contributed by atoms with Gasteiger partial charge in [0.15, 0.2) is 11.5 Å². The number of para-hydroxylation sites is 1. The van der Waals surface area contributed by atoms with Crippen LogP contribution < -0.4 is 14.4 Å². The summed E-state index contributed by atoms with van der Waals surface area (Å²) < 4.78 is 10.7. The highest BCUT2D eigenvalue weighted by molar-refractivity contribution is 6.10. The van der Waals surface area contributed by atoms with Crippen LogP contribution >= 0.6 is 0 Å². The molecule has 1 unspecified atom stereocenters. The van der Waals surface area contributed by atoms with Gasteiger partial charge in [-0.3, -0.25) is 4.79 Å². The van der Waals surface area contributed by atoms with Crippen molar-refractivity contribution in [2.75, 3.05) is 21.3 Å². The Morgan fingerprint density at radius 3 is 2.52 bits per heavy atom. The molecule has 142 valence electrons. The molecule has 5 heteroatoms. The Labute approximate surface area is 159 Å². The highest BCUT2D eigenvalue weighted by Gasteiger charge is 2.27. The van der Waals surface area contributed by atoms with Crippen LogP contribution in [0.25, 0.3) is 10.9 Å². The first-order valence-electron chi connectivity index (χ1n) is 9.11. The van der Waals surface area contributed by atoms with Crippen molar-refractivity contribution < 1.29 is 19.2 Å². The quantitative estimate of drug-likeness (QED) is 0.632. The number of quaternary nitrogens is 1. The van der Waals surface area contributed by atoms with Gasteiger partial charge >= 0.3 is 0 Å². The third kappa shape index (κ3) is 3.69. The SMILES string of the molecule is COc1ccc(C[NH+](C)[C@@H](C)C(=O)c2c(C)[nH]c3ccccc23)cc1OC. The number of nitrogens with one attached hydrogen (secondary N) is 2. The number of methoxy groups -OCH3 is 2. The molecule has 5 nitrogen and oxygen atoms in total. The average Bonchev–Trinajstić information content (AvgIpc) is 3.02. The van der Waals surface area contributed by atoms with Crippen molar-refractivity contribution in [2.45, 2.75) is 26.4 Å². The second-order valence-corrected chi connectivity index (χ2v) is 6.97. The number of hydrogen-bond donors (Lipinski definition) is 2. The normalized spacial score (nSPS) is 13.4. The Kier molecular flexibility index (Phi) is 5.51. The van der Waals surface area contributed by atoms with Crippen molar-refractivity contribution in [2.24, 2.45) is 0 Å². The predicted molar refractivity (Wildman–Crippen MR) is 107 cm³/mol. The van der Waals surface area contributed by atoms with Gasteiger partial charge in [-0.15, -0.1) is 0 Å². The van der Waals surface area contributed by atoms with E-state index in [1.54, 1.807) is 14.2 Å². The molecule has 0 aliphatic carbocycles. The minimum absolute atomic E-state index is 0.155. The van der Waals surface area contributed by atoms with Crippen LogP contribution in [0.2, 0.25) is 0 Å². The van der Waals surface area contributed by atoms with Crippen LogP contribution in [0.5, 0.6) is 11.5 Å². The number of carbonyl (C=O) groups excluding carboxylic acids is 1. The standard InChI is InChI=1S/C22H26N2O3/c1-14-21(17-8-6-7-9-18(17)23-14)22(25)15(2)24(3)13-16-10-11-19(26-4)20(12-16)27-5/h6-12,15,23H,13H2,1-5H3/p+1/t15-/m0/s1. The molecule has 1 heterocycles. The molecule has 0 fully saturated rings. The molecule has 0 saturated carbocycles. The Balaban J connectivity index is 1.81. The van der Waals surface area contributed by atoms with Crippen molar-refractivity contribution >= 4 is 16.7 Å². The zero-order valence-corrected chi connectivity index (χ0v) is 16.6. The van der Waals surface area contributed by atoms with E-state index in [9.17, 15) is 4.79 Å². The number of aromatic amines is 1. The molecule has 3 rings (SSSR count). The van der Waals surface area contributed by atoms with Crippen LogP contribution in [0.1, 0.15) is 28.5 Å².